The summed E-state index contributed by atoms with van der Waals surface area (Å²) in [7, 11) is 1.76. The molecule has 2 bridgehead atoms. The van der Waals surface area contributed by atoms with Crippen LogP contribution in [0.2, 0.25) is 0 Å². The number of nitrogens with one attached hydrogen (secondary N) is 1. The van der Waals surface area contributed by atoms with Crippen molar-refractivity contribution in [2.24, 2.45) is 13.0 Å². The Hall–Kier alpha value is -2.64. The number of amides is 2. The van der Waals surface area contributed by atoms with E-state index in [1.165, 1.54) is 6.07 Å². The molecule has 1 N–H and O–H groups in total. The molecule has 2 unspecified atom stereocenters. The van der Waals surface area contributed by atoms with Gasteiger partial charge in [0.25, 0.3) is 0 Å². The quantitative estimate of drug-likeness (QED) is 0.891. The van der Waals surface area contributed by atoms with E-state index < -0.39 is 5.82 Å². The highest BCUT2D eigenvalue weighted by molar-refractivity contribution is 5.91. The number of halogens is 1. The van der Waals surface area contributed by atoms with Crippen LogP contribution in [0.5, 0.6) is 5.75 Å². The van der Waals surface area contributed by atoms with Gasteiger partial charge in [0.1, 0.15) is 12.1 Å². The lowest BCUT2D eigenvalue weighted by Gasteiger charge is -2.54. The van der Waals surface area contributed by atoms with E-state index in [4.69, 9.17) is 4.74 Å². The number of hydrogen-bond donors (Lipinski definition) is 1. The molecule has 27 heavy (non-hydrogen) atoms. The minimum absolute atomic E-state index is 0.115. The van der Waals surface area contributed by atoms with Crippen molar-refractivity contribution >= 4 is 11.7 Å². The van der Waals surface area contributed by atoms with E-state index in [0.29, 0.717) is 29.7 Å². The van der Waals surface area contributed by atoms with Gasteiger partial charge in [0.05, 0.1) is 17.9 Å². The van der Waals surface area contributed by atoms with Crippen molar-refractivity contribution in [2.75, 3.05) is 11.9 Å². The van der Waals surface area contributed by atoms with Gasteiger partial charge in [-0.05, 0) is 38.2 Å². The third kappa shape index (κ3) is 3.24. The lowest BCUT2D eigenvalue weighted by molar-refractivity contribution is -0.00603. The van der Waals surface area contributed by atoms with Gasteiger partial charge in [-0.1, -0.05) is 6.92 Å². The van der Waals surface area contributed by atoms with Crippen LogP contribution in [0.15, 0.2) is 18.5 Å². The van der Waals surface area contributed by atoms with Gasteiger partial charge in [-0.25, -0.2) is 14.2 Å². The van der Waals surface area contributed by atoms with Gasteiger partial charge < -0.3 is 15.0 Å². The summed E-state index contributed by atoms with van der Waals surface area (Å²) in [5.74, 6) is 0.882. The fourth-order valence-electron chi connectivity index (χ4n) is 4.22. The highest BCUT2D eigenvalue weighted by Crippen LogP contribution is 2.41. The molecule has 7 nitrogen and oxygen atoms in total. The number of piperidine rings is 1. The molecule has 2 amide bonds. The first-order valence-electron chi connectivity index (χ1n) is 9.38. The second-order valence-corrected chi connectivity index (χ2v) is 7.46. The van der Waals surface area contributed by atoms with Gasteiger partial charge in [0, 0.05) is 25.2 Å². The number of hydrogen-bond acceptors (Lipinski definition) is 4. The van der Waals surface area contributed by atoms with Gasteiger partial charge in [-0.2, -0.15) is 5.10 Å². The fraction of sp³-hybridized carbons (Fsp3) is 0.526. The first-order chi connectivity index (χ1) is 13.0. The predicted octanol–water partition coefficient (Wildman–Crippen LogP) is 3.42. The Morgan fingerprint density at radius 2 is 2.07 bits per heavy atom. The number of rotatable bonds is 4. The van der Waals surface area contributed by atoms with E-state index in [1.54, 1.807) is 24.1 Å². The van der Waals surface area contributed by atoms with E-state index in [-0.39, 0.29) is 23.8 Å². The van der Waals surface area contributed by atoms with Crippen LogP contribution in [-0.4, -0.2) is 44.4 Å². The summed E-state index contributed by atoms with van der Waals surface area (Å²) in [5.41, 5.74) is 0.663. The molecular formula is C19H24FN5O2. The minimum Gasteiger partial charge on any atom is -0.493 e. The largest absolute Gasteiger partial charge is 0.493 e. The zero-order chi connectivity index (χ0) is 19.1. The summed E-state index contributed by atoms with van der Waals surface area (Å²) in [6.07, 6.45) is 4.64. The summed E-state index contributed by atoms with van der Waals surface area (Å²) in [5, 5.41) is 7.01. The number of aromatic nitrogens is 3. The molecule has 3 heterocycles. The van der Waals surface area contributed by atoms with Crippen molar-refractivity contribution in [3.05, 3.63) is 24.3 Å². The van der Waals surface area contributed by atoms with Crippen molar-refractivity contribution < 1.29 is 13.9 Å². The second-order valence-electron chi connectivity index (χ2n) is 7.46. The molecule has 2 saturated heterocycles. The zero-order valence-corrected chi connectivity index (χ0v) is 15.8. The molecule has 0 aliphatic carbocycles. The van der Waals surface area contributed by atoms with Gasteiger partial charge in [-0.15, -0.1) is 0 Å². The molecule has 0 saturated carbocycles. The Morgan fingerprint density at radius 1 is 1.33 bits per heavy atom. The van der Waals surface area contributed by atoms with Crippen LogP contribution in [0.1, 0.15) is 33.1 Å². The third-order valence-electron chi connectivity index (χ3n) is 5.37. The maximum absolute atomic E-state index is 14.6. The molecule has 2 aromatic rings. The SMILES string of the molecule is CCOc1cc(F)c(NC(=O)N2C3CC(C)CC2C3)cc1-c1ncn(C)n1. The van der Waals surface area contributed by atoms with E-state index in [0.717, 1.165) is 19.3 Å². The molecule has 2 fully saturated rings. The topological polar surface area (TPSA) is 72.3 Å². The van der Waals surface area contributed by atoms with Crippen LogP contribution in [0, 0.1) is 11.7 Å². The standard InChI is InChI=1S/C19H24FN5O2/c1-4-27-17-9-15(20)16(8-14(17)18-21-10-24(3)23-18)22-19(26)25-12-5-11(2)6-13(25)7-12/h8-13H,4-7H2,1-3H3,(H,22,26). The number of benzene rings is 1. The number of anilines is 1. The lowest BCUT2D eigenvalue weighted by Crippen LogP contribution is -2.63. The van der Waals surface area contributed by atoms with Crippen molar-refractivity contribution in [1.82, 2.24) is 19.7 Å². The molecule has 4 rings (SSSR count). The van der Waals surface area contributed by atoms with Crippen molar-refractivity contribution in [3.63, 3.8) is 0 Å². The van der Waals surface area contributed by atoms with Crippen LogP contribution in [0.3, 0.4) is 0 Å². The maximum atomic E-state index is 14.6. The number of fused-ring (bicyclic) bond motifs is 2. The van der Waals surface area contributed by atoms with Gasteiger partial charge >= 0.3 is 6.03 Å². The number of ether oxygens (including phenoxy) is 1. The molecule has 2 atom stereocenters. The number of nitrogens with zero attached hydrogens (tertiary/aromatic N) is 4. The first-order valence-corrected chi connectivity index (χ1v) is 9.38. The first kappa shape index (κ1) is 17.8. The van der Waals surface area contributed by atoms with E-state index in [2.05, 4.69) is 22.3 Å². The molecule has 0 radical (unpaired) electrons. The molecule has 144 valence electrons. The third-order valence-corrected chi connectivity index (χ3v) is 5.37. The Morgan fingerprint density at radius 3 is 2.70 bits per heavy atom. The summed E-state index contributed by atoms with van der Waals surface area (Å²) in [6.45, 7) is 4.43. The monoisotopic (exact) mass is 373 g/mol. The van der Waals surface area contributed by atoms with Crippen LogP contribution in [-0.2, 0) is 7.05 Å². The molecule has 8 heteroatoms. The molecular weight excluding hydrogens is 349 g/mol. The Labute approximate surface area is 157 Å². The van der Waals surface area contributed by atoms with Crippen LogP contribution >= 0.6 is 0 Å². The fourth-order valence-corrected chi connectivity index (χ4v) is 4.22. The Balaban J connectivity index is 1.60. The normalized spacial score (nSPS) is 23.7. The van der Waals surface area contributed by atoms with E-state index in [9.17, 15) is 9.18 Å². The molecule has 2 aliphatic heterocycles. The summed E-state index contributed by atoms with van der Waals surface area (Å²) in [4.78, 5) is 18.8. The Bertz CT molecular complexity index is 856. The Kier molecular flexibility index (Phi) is 4.49. The molecule has 1 aromatic heterocycles. The van der Waals surface area contributed by atoms with Crippen molar-refractivity contribution in [1.29, 1.82) is 0 Å². The number of aryl methyl sites for hydroxylation is 1. The zero-order valence-electron chi connectivity index (χ0n) is 15.8. The molecule has 0 spiro atoms. The summed E-state index contributed by atoms with van der Waals surface area (Å²) >= 11 is 0. The average molecular weight is 373 g/mol. The van der Waals surface area contributed by atoms with Crippen LogP contribution in [0.25, 0.3) is 11.4 Å². The van der Waals surface area contributed by atoms with Gasteiger partial charge in [0.15, 0.2) is 11.6 Å². The van der Waals surface area contributed by atoms with Gasteiger partial charge in [-0.3, -0.25) is 4.68 Å². The second kappa shape index (κ2) is 6.83. The number of carbonyl (C=O) groups is 1. The number of urea groups is 1. The van der Waals surface area contributed by atoms with E-state index in [1.807, 2.05) is 11.8 Å². The average Bonchev–Trinajstić information content (AvgIpc) is 3.03. The highest BCUT2D eigenvalue weighted by atomic mass is 19.1. The molecule has 2 aliphatic rings. The van der Waals surface area contributed by atoms with Gasteiger partial charge in [0.2, 0.25) is 0 Å². The molecule has 1 aromatic carbocycles. The van der Waals surface area contributed by atoms with Crippen LogP contribution < -0.4 is 10.1 Å². The smallest absolute Gasteiger partial charge is 0.322 e. The predicted molar refractivity (Wildman–Crippen MR) is 99.0 cm³/mol. The number of carbonyl (C=O) groups excluding carboxylic acids is 1. The summed E-state index contributed by atoms with van der Waals surface area (Å²) < 4.78 is 21.7. The van der Waals surface area contributed by atoms with E-state index >= 15 is 0 Å². The lowest BCUT2D eigenvalue weighted by atomic mass is 9.74. The summed E-state index contributed by atoms with van der Waals surface area (Å²) in [6, 6.07) is 3.12. The maximum Gasteiger partial charge on any atom is 0.322 e. The van der Waals surface area contributed by atoms with Crippen molar-refractivity contribution in [2.45, 2.75) is 45.2 Å². The van der Waals surface area contributed by atoms with Crippen molar-refractivity contribution in [3.8, 4) is 17.1 Å². The van der Waals surface area contributed by atoms with Crippen LogP contribution in [0.4, 0.5) is 14.9 Å². The minimum atomic E-state index is -0.537. The highest BCUT2D eigenvalue weighted by Gasteiger charge is 2.46.